The van der Waals surface area contributed by atoms with Crippen LogP contribution in [0.2, 0.25) is 0 Å². The van der Waals surface area contributed by atoms with Crippen LogP contribution < -0.4 is 5.32 Å². The Morgan fingerprint density at radius 1 is 1.29 bits per heavy atom. The van der Waals surface area contributed by atoms with Crippen LogP contribution in [0.4, 0.5) is 13.2 Å². The molecule has 0 spiro atoms. The maximum atomic E-state index is 12.1. The van der Waals surface area contributed by atoms with Crippen molar-refractivity contribution >= 4 is 0 Å². The van der Waals surface area contributed by atoms with E-state index in [1.54, 1.807) is 0 Å². The van der Waals surface area contributed by atoms with E-state index in [1.807, 2.05) is 0 Å². The Morgan fingerprint density at radius 3 is 2.57 bits per heavy atom. The van der Waals surface area contributed by atoms with Crippen LogP contribution in [0.25, 0.3) is 0 Å². The standard InChI is InChI=1S/C15H27F3N2O/c1-11(2)7-13-8-19-14(12-3-4-12)9-20(13)5-6-21-10-15(16,17)18/h11-14,19H,3-10H2,1-2H3. The molecule has 2 rings (SSSR count). The van der Waals surface area contributed by atoms with Crippen molar-refractivity contribution in [1.29, 1.82) is 0 Å². The van der Waals surface area contributed by atoms with E-state index < -0.39 is 12.8 Å². The number of nitrogens with zero attached hydrogens (tertiary/aromatic N) is 1. The van der Waals surface area contributed by atoms with Crippen molar-refractivity contribution in [2.45, 2.75) is 51.4 Å². The van der Waals surface area contributed by atoms with Crippen LogP contribution in [0.1, 0.15) is 33.1 Å². The molecule has 0 bridgehead atoms. The van der Waals surface area contributed by atoms with Crippen molar-refractivity contribution in [3.63, 3.8) is 0 Å². The fourth-order valence-electron chi connectivity index (χ4n) is 3.12. The lowest BCUT2D eigenvalue weighted by atomic mass is 9.98. The highest BCUT2D eigenvalue weighted by Gasteiger charge is 2.37. The topological polar surface area (TPSA) is 24.5 Å². The van der Waals surface area contributed by atoms with Gasteiger partial charge in [-0.15, -0.1) is 0 Å². The molecule has 1 saturated heterocycles. The lowest BCUT2D eigenvalue weighted by Crippen LogP contribution is -2.58. The molecular weight excluding hydrogens is 281 g/mol. The highest BCUT2D eigenvalue weighted by molar-refractivity contribution is 4.94. The first-order chi connectivity index (χ1) is 9.85. The van der Waals surface area contributed by atoms with Crippen LogP contribution in [0.15, 0.2) is 0 Å². The Morgan fingerprint density at radius 2 is 2.00 bits per heavy atom. The first-order valence-electron chi connectivity index (χ1n) is 7.97. The average Bonchev–Trinajstić information content (AvgIpc) is 3.18. The number of hydrogen-bond donors (Lipinski definition) is 1. The van der Waals surface area contributed by atoms with Gasteiger partial charge in [0.15, 0.2) is 0 Å². The Labute approximate surface area is 125 Å². The van der Waals surface area contributed by atoms with E-state index in [2.05, 4.69) is 24.1 Å². The molecule has 0 amide bonds. The number of piperazine rings is 1. The number of nitrogens with one attached hydrogen (secondary N) is 1. The molecule has 124 valence electrons. The van der Waals surface area contributed by atoms with Gasteiger partial charge in [0, 0.05) is 31.7 Å². The van der Waals surface area contributed by atoms with Gasteiger partial charge in [0.05, 0.1) is 6.61 Å². The molecule has 1 aliphatic heterocycles. The molecule has 0 aromatic carbocycles. The number of halogens is 3. The number of ether oxygens (including phenoxy) is 1. The molecule has 0 aromatic rings. The molecule has 2 atom stereocenters. The summed E-state index contributed by atoms with van der Waals surface area (Å²) < 4.78 is 41.1. The van der Waals surface area contributed by atoms with Crippen LogP contribution >= 0.6 is 0 Å². The minimum absolute atomic E-state index is 0.158. The summed E-state index contributed by atoms with van der Waals surface area (Å²) in [6.45, 7) is 5.87. The van der Waals surface area contributed by atoms with Crippen molar-refractivity contribution in [1.82, 2.24) is 10.2 Å². The molecule has 2 unspecified atom stereocenters. The highest BCUT2D eigenvalue weighted by Crippen LogP contribution is 2.34. The SMILES string of the molecule is CC(C)CC1CNC(C2CC2)CN1CCOCC(F)(F)F. The van der Waals surface area contributed by atoms with Gasteiger partial charge in [0.2, 0.25) is 0 Å². The predicted octanol–water partition coefficient (Wildman–Crippen LogP) is 2.66. The fraction of sp³-hybridized carbons (Fsp3) is 1.00. The first kappa shape index (κ1) is 17.0. The predicted molar refractivity (Wildman–Crippen MR) is 76.2 cm³/mol. The van der Waals surface area contributed by atoms with Gasteiger partial charge in [0.1, 0.15) is 6.61 Å². The molecule has 1 heterocycles. The summed E-state index contributed by atoms with van der Waals surface area (Å²) in [4.78, 5) is 2.33. The van der Waals surface area contributed by atoms with Crippen molar-refractivity contribution in [2.75, 3.05) is 32.8 Å². The normalized spacial score (nSPS) is 28.3. The number of hydrogen-bond acceptors (Lipinski definition) is 3. The summed E-state index contributed by atoms with van der Waals surface area (Å²) in [7, 11) is 0. The van der Waals surface area contributed by atoms with Crippen LogP contribution in [0.3, 0.4) is 0 Å². The summed E-state index contributed by atoms with van der Waals surface area (Å²) in [6, 6.07) is 0.922. The van der Waals surface area contributed by atoms with Gasteiger partial charge in [-0.05, 0) is 31.1 Å². The van der Waals surface area contributed by atoms with E-state index in [1.165, 1.54) is 12.8 Å². The lowest BCUT2D eigenvalue weighted by Gasteiger charge is -2.41. The molecule has 0 radical (unpaired) electrons. The minimum Gasteiger partial charge on any atom is -0.371 e. The molecule has 2 aliphatic rings. The maximum Gasteiger partial charge on any atom is 0.411 e. The van der Waals surface area contributed by atoms with Gasteiger partial charge in [0.25, 0.3) is 0 Å². The van der Waals surface area contributed by atoms with Gasteiger partial charge in [-0.2, -0.15) is 13.2 Å². The van der Waals surface area contributed by atoms with Gasteiger partial charge in [-0.3, -0.25) is 4.90 Å². The molecule has 2 fully saturated rings. The first-order valence-corrected chi connectivity index (χ1v) is 7.97. The van der Waals surface area contributed by atoms with E-state index in [-0.39, 0.29) is 6.61 Å². The molecule has 1 N–H and O–H groups in total. The summed E-state index contributed by atoms with van der Waals surface area (Å²) in [5.74, 6) is 1.36. The second kappa shape index (κ2) is 7.29. The van der Waals surface area contributed by atoms with E-state index in [4.69, 9.17) is 4.74 Å². The van der Waals surface area contributed by atoms with Gasteiger partial charge in [-0.25, -0.2) is 0 Å². The maximum absolute atomic E-state index is 12.1. The monoisotopic (exact) mass is 308 g/mol. The van der Waals surface area contributed by atoms with Crippen LogP contribution in [-0.2, 0) is 4.74 Å². The molecule has 1 saturated carbocycles. The minimum atomic E-state index is -4.22. The summed E-state index contributed by atoms with van der Waals surface area (Å²) in [5.41, 5.74) is 0. The van der Waals surface area contributed by atoms with E-state index in [0.717, 1.165) is 25.4 Å². The van der Waals surface area contributed by atoms with Crippen LogP contribution in [0, 0.1) is 11.8 Å². The van der Waals surface area contributed by atoms with Crippen molar-refractivity contribution in [3.05, 3.63) is 0 Å². The van der Waals surface area contributed by atoms with E-state index >= 15 is 0 Å². The molecule has 1 aliphatic carbocycles. The number of rotatable bonds is 7. The fourth-order valence-corrected chi connectivity index (χ4v) is 3.12. The largest absolute Gasteiger partial charge is 0.411 e. The van der Waals surface area contributed by atoms with Gasteiger partial charge < -0.3 is 10.1 Å². The molecule has 0 aromatic heterocycles. The quantitative estimate of drug-likeness (QED) is 0.732. The zero-order valence-electron chi connectivity index (χ0n) is 13.0. The summed E-state index contributed by atoms with van der Waals surface area (Å²) >= 11 is 0. The average molecular weight is 308 g/mol. The third-order valence-corrected chi connectivity index (χ3v) is 4.29. The Bertz CT molecular complexity index is 319. The second-order valence-corrected chi connectivity index (χ2v) is 6.80. The van der Waals surface area contributed by atoms with E-state index in [0.29, 0.717) is 24.5 Å². The third-order valence-electron chi connectivity index (χ3n) is 4.29. The van der Waals surface area contributed by atoms with Crippen molar-refractivity contribution in [2.24, 2.45) is 11.8 Å². The molecule has 3 nitrogen and oxygen atoms in total. The zero-order chi connectivity index (χ0) is 15.5. The smallest absolute Gasteiger partial charge is 0.371 e. The van der Waals surface area contributed by atoms with Crippen molar-refractivity contribution < 1.29 is 17.9 Å². The lowest BCUT2D eigenvalue weighted by molar-refractivity contribution is -0.175. The van der Waals surface area contributed by atoms with Crippen molar-refractivity contribution in [3.8, 4) is 0 Å². The Hall–Kier alpha value is -0.330. The van der Waals surface area contributed by atoms with Gasteiger partial charge >= 0.3 is 6.18 Å². The van der Waals surface area contributed by atoms with E-state index in [9.17, 15) is 13.2 Å². The molecule has 6 heteroatoms. The third kappa shape index (κ3) is 6.12. The second-order valence-electron chi connectivity index (χ2n) is 6.80. The Kier molecular flexibility index (Phi) is 5.91. The molecule has 21 heavy (non-hydrogen) atoms. The van der Waals surface area contributed by atoms with Crippen LogP contribution in [0.5, 0.6) is 0 Å². The number of alkyl halides is 3. The summed E-state index contributed by atoms with van der Waals surface area (Å²) in [5, 5.41) is 3.62. The van der Waals surface area contributed by atoms with Crippen LogP contribution in [-0.4, -0.2) is 56.0 Å². The highest BCUT2D eigenvalue weighted by atomic mass is 19.4. The Balaban J connectivity index is 1.78. The zero-order valence-corrected chi connectivity index (χ0v) is 13.0. The molecular formula is C15H27F3N2O. The summed E-state index contributed by atoms with van der Waals surface area (Å²) in [6.07, 6.45) is -0.586. The van der Waals surface area contributed by atoms with Gasteiger partial charge in [-0.1, -0.05) is 13.8 Å².